The van der Waals surface area contributed by atoms with E-state index in [1.54, 1.807) is 24.3 Å². The number of esters is 1. The molecule has 0 spiro atoms. The van der Waals surface area contributed by atoms with Gasteiger partial charge in [0.15, 0.2) is 0 Å². The molecule has 0 aliphatic heterocycles. The Kier molecular flexibility index (Phi) is 3.89. The average molecular weight is 337 g/mol. The second kappa shape index (κ2) is 5.68. The highest BCUT2D eigenvalue weighted by Gasteiger charge is 2.19. The van der Waals surface area contributed by atoms with Crippen molar-refractivity contribution in [2.75, 3.05) is 0 Å². The summed E-state index contributed by atoms with van der Waals surface area (Å²) in [5.41, 5.74) is 0.895. The zero-order chi connectivity index (χ0) is 15.0. The van der Waals surface area contributed by atoms with E-state index in [2.05, 4.69) is 0 Å². The predicted octanol–water partition coefficient (Wildman–Crippen LogP) is 5.74. The molecule has 1 heterocycles. The maximum absolute atomic E-state index is 12.3. The first kappa shape index (κ1) is 14.4. The molecule has 0 bridgehead atoms. The highest BCUT2D eigenvalue weighted by atomic mass is 35.5. The number of ether oxygens (including phenoxy) is 1. The summed E-state index contributed by atoms with van der Waals surface area (Å²) in [7, 11) is 0. The van der Waals surface area contributed by atoms with E-state index in [9.17, 15) is 4.79 Å². The Bertz CT molecular complexity index is 839. The zero-order valence-corrected chi connectivity index (χ0v) is 13.4. The fourth-order valence-corrected chi connectivity index (χ4v) is 3.65. The normalized spacial score (nSPS) is 10.8. The van der Waals surface area contributed by atoms with Crippen LogP contribution < -0.4 is 4.74 Å². The van der Waals surface area contributed by atoms with E-state index in [-0.39, 0.29) is 0 Å². The first-order chi connectivity index (χ1) is 10.1. The van der Waals surface area contributed by atoms with Crippen molar-refractivity contribution in [3.8, 4) is 5.75 Å². The fourth-order valence-electron chi connectivity index (χ4n) is 1.99. The zero-order valence-electron chi connectivity index (χ0n) is 11.0. The van der Waals surface area contributed by atoms with Gasteiger partial charge >= 0.3 is 5.97 Å². The van der Waals surface area contributed by atoms with Gasteiger partial charge in [0.05, 0.1) is 5.02 Å². The van der Waals surface area contributed by atoms with E-state index in [0.717, 1.165) is 15.6 Å². The number of benzene rings is 2. The molecule has 0 radical (unpaired) electrons. The number of hydrogen-bond donors (Lipinski definition) is 0. The van der Waals surface area contributed by atoms with Crippen LogP contribution >= 0.6 is 34.5 Å². The van der Waals surface area contributed by atoms with Crippen molar-refractivity contribution in [3.05, 3.63) is 63.0 Å². The van der Waals surface area contributed by atoms with Crippen LogP contribution in [0.25, 0.3) is 10.1 Å². The Balaban J connectivity index is 1.98. The minimum absolute atomic E-state index is 0.386. The molecular formula is C16H10Cl2O2S. The van der Waals surface area contributed by atoms with Crippen molar-refractivity contribution < 1.29 is 9.53 Å². The highest BCUT2D eigenvalue weighted by molar-refractivity contribution is 7.21. The Morgan fingerprint density at radius 2 is 1.90 bits per heavy atom. The Labute approximate surface area is 135 Å². The third-order valence-corrected chi connectivity index (χ3v) is 4.95. The van der Waals surface area contributed by atoms with Crippen molar-refractivity contribution in [1.82, 2.24) is 0 Å². The number of para-hydroxylation sites is 1. The Morgan fingerprint density at radius 3 is 2.67 bits per heavy atom. The molecule has 106 valence electrons. The molecule has 0 aliphatic rings. The summed E-state index contributed by atoms with van der Waals surface area (Å²) in [5.74, 6) is 0.0840. The lowest BCUT2D eigenvalue weighted by atomic mass is 10.2. The third-order valence-electron chi connectivity index (χ3n) is 3.07. The van der Waals surface area contributed by atoms with Gasteiger partial charge in [0.1, 0.15) is 10.6 Å². The van der Waals surface area contributed by atoms with E-state index in [0.29, 0.717) is 20.7 Å². The van der Waals surface area contributed by atoms with Crippen LogP contribution in [0.1, 0.15) is 15.2 Å². The Morgan fingerprint density at radius 1 is 1.14 bits per heavy atom. The smallest absolute Gasteiger partial charge is 0.355 e. The maximum atomic E-state index is 12.3. The number of carbonyl (C=O) groups is 1. The third kappa shape index (κ3) is 2.77. The predicted molar refractivity (Wildman–Crippen MR) is 88.0 cm³/mol. The van der Waals surface area contributed by atoms with E-state index in [4.69, 9.17) is 27.9 Å². The molecule has 0 saturated carbocycles. The lowest BCUT2D eigenvalue weighted by Crippen LogP contribution is -2.07. The SMILES string of the molecule is Cc1ccccc1OC(=O)c1sc2cc(Cl)ccc2c1Cl. The standard InChI is InChI=1S/C16H10Cl2O2S/c1-9-4-2-3-5-12(9)20-16(19)15-14(18)11-7-6-10(17)8-13(11)21-15/h2-8H,1H3. The highest BCUT2D eigenvalue weighted by Crippen LogP contribution is 2.37. The largest absolute Gasteiger partial charge is 0.422 e. The first-order valence-corrected chi connectivity index (χ1v) is 7.79. The van der Waals surface area contributed by atoms with Crippen molar-refractivity contribution in [3.63, 3.8) is 0 Å². The monoisotopic (exact) mass is 336 g/mol. The molecule has 3 aromatic rings. The summed E-state index contributed by atoms with van der Waals surface area (Å²) in [5, 5.41) is 1.83. The van der Waals surface area contributed by atoms with Crippen LogP contribution in [0.5, 0.6) is 5.75 Å². The molecule has 3 rings (SSSR count). The van der Waals surface area contributed by atoms with Gasteiger partial charge in [-0.2, -0.15) is 0 Å². The van der Waals surface area contributed by atoms with Gasteiger partial charge in [-0.25, -0.2) is 4.79 Å². The number of thiophene rings is 1. The summed E-state index contributed by atoms with van der Waals surface area (Å²) < 4.78 is 6.29. The van der Waals surface area contributed by atoms with Gasteiger partial charge in [0, 0.05) is 15.1 Å². The number of fused-ring (bicyclic) bond motifs is 1. The van der Waals surface area contributed by atoms with Gasteiger partial charge in [0.25, 0.3) is 0 Å². The summed E-state index contributed by atoms with van der Waals surface area (Å²) in [4.78, 5) is 12.7. The van der Waals surface area contributed by atoms with Gasteiger partial charge in [-0.15, -0.1) is 11.3 Å². The fraction of sp³-hybridized carbons (Fsp3) is 0.0625. The Hall–Kier alpha value is -1.55. The van der Waals surface area contributed by atoms with E-state index >= 15 is 0 Å². The topological polar surface area (TPSA) is 26.3 Å². The van der Waals surface area contributed by atoms with Gasteiger partial charge in [-0.05, 0) is 30.7 Å². The van der Waals surface area contributed by atoms with Gasteiger partial charge in [0.2, 0.25) is 0 Å². The van der Waals surface area contributed by atoms with Gasteiger partial charge < -0.3 is 4.74 Å². The number of hydrogen-bond acceptors (Lipinski definition) is 3. The van der Waals surface area contributed by atoms with E-state index < -0.39 is 5.97 Å². The lowest BCUT2D eigenvalue weighted by molar-refractivity contribution is 0.0739. The van der Waals surface area contributed by atoms with Crippen LogP contribution in [0.15, 0.2) is 42.5 Å². The molecule has 0 aliphatic carbocycles. The molecule has 21 heavy (non-hydrogen) atoms. The van der Waals surface area contributed by atoms with Crippen LogP contribution in [-0.2, 0) is 0 Å². The van der Waals surface area contributed by atoms with Gasteiger partial charge in [-0.1, -0.05) is 47.5 Å². The summed E-state index contributed by atoms with van der Waals surface area (Å²) in [6.07, 6.45) is 0. The lowest BCUT2D eigenvalue weighted by Gasteiger charge is -2.05. The molecule has 0 unspecified atom stereocenters. The number of rotatable bonds is 2. The quantitative estimate of drug-likeness (QED) is 0.440. The molecule has 1 aromatic heterocycles. The van der Waals surface area contributed by atoms with Crippen LogP contribution in [0.3, 0.4) is 0 Å². The second-order valence-electron chi connectivity index (χ2n) is 4.54. The minimum Gasteiger partial charge on any atom is -0.422 e. The van der Waals surface area contributed by atoms with Crippen molar-refractivity contribution in [1.29, 1.82) is 0 Å². The van der Waals surface area contributed by atoms with Crippen molar-refractivity contribution >= 4 is 50.6 Å². The molecule has 0 saturated heterocycles. The average Bonchev–Trinajstić information content (AvgIpc) is 2.78. The van der Waals surface area contributed by atoms with E-state index in [1.165, 1.54) is 11.3 Å². The number of aryl methyl sites for hydroxylation is 1. The van der Waals surface area contributed by atoms with Crippen molar-refractivity contribution in [2.45, 2.75) is 6.92 Å². The van der Waals surface area contributed by atoms with Crippen LogP contribution in [0, 0.1) is 6.92 Å². The molecule has 0 amide bonds. The second-order valence-corrected chi connectivity index (χ2v) is 6.41. The van der Waals surface area contributed by atoms with Crippen molar-refractivity contribution in [2.24, 2.45) is 0 Å². The number of carbonyl (C=O) groups excluding carboxylic acids is 1. The summed E-state index contributed by atoms with van der Waals surface area (Å²) in [6, 6.07) is 12.7. The summed E-state index contributed by atoms with van der Waals surface area (Å²) in [6.45, 7) is 1.88. The maximum Gasteiger partial charge on any atom is 0.355 e. The van der Waals surface area contributed by atoms with E-state index in [1.807, 2.05) is 25.1 Å². The summed E-state index contributed by atoms with van der Waals surface area (Å²) >= 11 is 13.5. The molecule has 2 nitrogen and oxygen atoms in total. The first-order valence-electron chi connectivity index (χ1n) is 6.21. The minimum atomic E-state index is -0.452. The molecule has 5 heteroatoms. The molecule has 2 aromatic carbocycles. The number of halogens is 2. The van der Waals surface area contributed by atoms with Crippen LogP contribution in [-0.4, -0.2) is 5.97 Å². The molecule has 0 atom stereocenters. The molecule has 0 N–H and O–H groups in total. The van der Waals surface area contributed by atoms with Gasteiger partial charge in [-0.3, -0.25) is 0 Å². The molecule has 0 fully saturated rings. The molecular weight excluding hydrogens is 327 g/mol. The van der Waals surface area contributed by atoms with Crippen LogP contribution in [0.4, 0.5) is 0 Å². The van der Waals surface area contributed by atoms with Crippen LogP contribution in [0.2, 0.25) is 10.0 Å².